The molecule has 0 atom stereocenters. The minimum Gasteiger partial charge on any atom is -0.481 e. The van der Waals surface area contributed by atoms with E-state index >= 15 is 0 Å². The smallest absolute Gasteiger partial charge is 0.321 e. The van der Waals surface area contributed by atoms with E-state index in [0.717, 1.165) is 0 Å². The third-order valence-electron chi connectivity index (χ3n) is 2.71. The van der Waals surface area contributed by atoms with Gasteiger partial charge < -0.3 is 15.3 Å². The molecule has 2 N–H and O–H groups in total. The summed E-state index contributed by atoms with van der Waals surface area (Å²) in [6.07, 6.45) is 0. The highest BCUT2D eigenvalue weighted by molar-refractivity contribution is 6.39. The predicted molar refractivity (Wildman–Crippen MR) is 68.2 cm³/mol. The molecule has 0 aromatic heterocycles. The van der Waals surface area contributed by atoms with Crippen LogP contribution >= 0.6 is 23.2 Å². The van der Waals surface area contributed by atoms with Crippen LogP contribution in [-0.2, 0) is 4.79 Å². The van der Waals surface area contributed by atoms with Crippen molar-refractivity contribution in [2.45, 2.75) is 0 Å². The van der Waals surface area contributed by atoms with E-state index < -0.39 is 17.9 Å². The van der Waals surface area contributed by atoms with E-state index in [1.807, 2.05) is 0 Å². The van der Waals surface area contributed by atoms with Gasteiger partial charge in [0.2, 0.25) is 0 Å². The zero-order valence-corrected chi connectivity index (χ0v) is 10.7. The van der Waals surface area contributed by atoms with Crippen molar-refractivity contribution in [3.63, 3.8) is 0 Å². The number of benzene rings is 1. The summed E-state index contributed by atoms with van der Waals surface area (Å²) in [5, 5.41) is 12.0. The standard InChI is InChI=1S/C11H10Cl2N2O3/c12-7-2-1-3-8(13)9(7)14-11(18)15-4-6(5-15)10(16)17/h1-3,6H,4-5H2,(H,14,18)(H,16,17). The second-order valence-corrected chi connectivity index (χ2v) is 4.78. The Bertz CT molecular complexity index is 481. The summed E-state index contributed by atoms with van der Waals surface area (Å²) in [6.45, 7) is 0.395. The molecule has 0 bridgehead atoms. The number of carbonyl (C=O) groups excluding carboxylic acids is 1. The molecule has 1 heterocycles. The fourth-order valence-corrected chi connectivity index (χ4v) is 2.10. The number of hydrogen-bond donors (Lipinski definition) is 2. The number of nitrogens with one attached hydrogen (secondary N) is 1. The minimum atomic E-state index is -0.894. The second kappa shape index (κ2) is 5.04. The summed E-state index contributed by atoms with van der Waals surface area (Å²) >= 11 is 11.8. The quantitative estimate of drug-likeness (QED) is 0.879. The summed E-state index contributed by atoms with van der Waals surface area (Å²) < 4.78 is 0. The number of carboxylic acids is 1. The molecule has 1 aromatic rings. The highest BCUT2D eigenvalue weighted by Gasteiger charge is 2.35. The summed E-state index contributed by atoms with van der Waals surface area (Å²) in [4.78, 5) is 23.8. The molecule has 1 saturated heterocycles. The Labute approximate surface area is 113 Å². The lowest BCUT2D eigenvalue weighted by Crippen LogP contribution is -2.54. The van der Waals surface area contributed by atoms with E-state index in [-0.39, 0.29) is 13.1 Å². The molecule has 2 amide bonds. The molecule has 0 spiro atoms. The van der Waals surface area contributed by atoms with Gasteiger partial charge in [0, 0.05) is 13.1 Å². The van der Waals surface area contributed by atoms with Crippen molar-refractivity contribution < 1.29 is 14.7 Å². The van der Waals surface area contributed by atoms with Crippen LogP contribution in [0.25, 0.3) is 0 Å². The van der Waals surface area contributed by atoms with Gasteiger partial charge in [-0.15, -0.1) is 0 Å². The first-order valence-electron chi connectivity index (χ1n) is 5.22. The van der Waals surface area contributed by atoms with E-state index in [2.05, 4.69) is 5.32 Å². The lowest BCUT2D eigenvalue weighted by molar-refractivity contribution is -0.145. The first-order chi connectivity index (χ1) is 8.49. The maximum atomic E-state index is 11.8. The van der Waals surface area contributed by atoms with E-state index in [1.165, 1.54) is 4.90 Å². The SMILES string of the molecule is O=C(O)C1CN(C(=O)Nc2c(Cl)cccc2Cl)C1. The normalized spacial score (nSPS) is 15.1. The molecule has 1 aromatic carbocycles. The van der Waals surface area contributed by atoms with Crippen LogP contribution in [0.4, 0.5) is 10.5 Å². The number of aliphatic carboxylic acids is 1. The van der Waals surface area contributed by atoms with Crippen LogP contribution in [0.1, 0.15) is 0 Å². The molecule has 7 heteroatoms. The van der Waals surface area contributed by atoms with Crippen LogP contribution < -0.4 is 5.32 Å². The van der Waals surface area contributed by atoms with Gasteiger partial charge >= 0.3 is 12.0 Å². The number of likely N-dealkylation sites (tertiary alicyclic amines) is 1. The molecule has 0 saturated carbocycles. The molecular formula is C11H10Cl2N2O3. The van der Waals surface area contributed by atoms with Crippen LogP contribution in [0.5, 0.6) is 0 Å². The van der Waals surface area contributed by atoms with Crippen LogP contribution in [0, 0.1) is 5.92 Å². The minimum absolute atomic E-state index is 0.198. The topological polar surface area (TPSA) is 69.6 Å². The van der Waals surface area contributed by atoms with Gasteiger partial charge in [0.05, 0.1) is 21.7 Å². The number of carboxylic acid groups (broad SMARTS) is 1. The van der Waals surface area contributed by atoms with Gasteiger partial charge in [-0.05, 0) is 12.1 Å². The lowest BCUT2D eigenvalue weighted by Gasteiger charge is -2.36. The molecule has 0 radical (unpaired) electrons. The fraction of sp³-hybridized carbons (Fsp3) is 0.273. The average molecular weight is 289 g/mol. The van der Waals surface area contributed by atoms with Gasteiger partial charge in [-0.3, -0.25) is 4.79 Å². The predicted octanol–water partition coefficient (Wildman–Crippen LogP) is 2.54. The van der Waals surface area contributed by atoms with Crippen molar-refractivity contribution in [3.8, 4) is 0 Å². The average Bonchev–Trinajstić information content (AvgIpc) is 2.21. The first-order valence-corrected chi connectivity index (χ1v) is 5.97. The van der Waals surface area contributed by atoms with Crippen LogP contribution in [0.15, 0.2) is 18.2 Å². The maximum Gasteiger partial charge on any atom is 0.321 e. The summed E-state index contributed by atoms with van der Waals surface area (Å²) in [5.41, 5.74) is 0.338. The van der Waals surface area contributed by atoms with Gasteiger partial charge in [-0.1, -0.05) is 29.3 Å². The number of para-hydroxylation sites is 1. The highest BCUT2D eigenvalue weighted by atomic mass is 35.5. The van der Waals surface area contributed by atoms with Gasteiger partial charge in [0.1, 0.15) is 0 Å². The van der Waals surface area contributed by atoms with Crippen molar-refractivity contribution >= 4 is 40.9 Å². The van der Waals surface area contributed by atoms with E-state index in [0.29, 0.717) is 15.7 Å². The number of anilines is 1. The zero-order chi connectivity index (χ0) is 13.3. The Morgan fingerprint density at radius 3 is 2.33 bits per heavy atom. The van der Waals surface area contributed by atoms with Gasteiger partial charge in [0.15, 0.2) is 0 Å². The van der Waals surface area contributed by atoms with E-state index in [1.54, 1.807) is 18.2 Å². The Morgan fingerprint density at radius 1 is 1.28 bits per heavy atom. The van der Waals surface area contributed by atoms with E-state index in [9.17, 15) is 9.59 Å². The Morgan fingerprint density at radius 2 is 1.83 bits per heavy atom. The van der Waals surface area contributed by atoms with Crippen molar-refractivity contribution in [3.05, 3.63) is 28.2 Å². The summed E-state index contributed by atoms with van der Waals surface area (Å²) in [6, 6.07) is 4.49. The number of nitrogens with zero attached hydrogens (tertiary/aromatic N) is 1. The highest BCUT2D eigenvalue weighted by Crippen LogP contribution is 2.30. The van der Waals surface area contributed by atoms with Crippen LogP contribution in [0.2, 0.25) is 10.0 Å². The molecule has 96 valence electrons. The number of hydrogen-bond acceptors (Lipinski definition) is 2. The van der Waals surface area contributed by atoms with Crippen LogP contribution in [-0.4, -0.2) is 35.1 Å². The van der Waals surface area contributed by atoms with Crippen molar-refractivity contribution in [1.82, 2.24) is 4.90 Å². The molecule has 1 aliphatic rings. The van der Waals surface area contributed by atoms with Gasteiger partial charge in [-0.25, -0.2) is 4.79 Å². The first kappa shape index (κ1) is 13.0. The molecule has 2 rings (SSSR count). The number of carbonyl (C=O) groups is 2. The Balaban J connectivity index is 1.99. The van der Waals surface area contributed by atoms with Crippen molar-refractivity contribution in [2.24, 2.45) is 5.92 Å². The summed E-state index contributed by atoms with van der Waals surface area (Å²) in [7, 11) is 0. The maximum absolute atomic E-state index is 11.8. The molecule has 18 heavy (non-hydrogen) atoms. The molecule has 1 fully saturated rings. The number of halogens is 2. The fourth-order valence-electron chi connectivity index (χ4n) is 1.60. The number of rotatable bonds is 2. The molecule has 5 nitrogen and oxygen atoms in total. The zero-order valence-electron chi connectivity index (χ0n) is 9.19. The summed E-state index contributed by atoms with van der Waals surface area (Å²) in [5.74, 6) is -1.38. The lowest BCUT2D eigenvalue weighted by atomic mass is 10.0. The largest absolute Gasteiger partial charge is 0.481 e. The van der Waals surface area contributed by atoms with Crippen molar-refractivity contribution in [2.75, 3.05) is 18.4 Å². The Kier molecular flexibility index (Phi) is 3.63. The molecule has 0 unspecified atom stereocenters. The molecular weight excluding hydrogens is 279 g/mol. The third kappa shape index (κ3) is 2.52. The van der Waals surface area contributed by atoms with E-state index in [4.69, 9.17) is 28.3 Å². The Hall–Kier alpha value is -1.46. The van der Waals surface area contributed by atoms with Gasteiger partial charge in [0.25, 0.3) is 0 Å². The van der Waals surface area contributed by atoms with Crippen molar-refractivity contribution in [1.29, 1.82) is 0 Å². The monoisotopic (exact) mass is 288 g/mol. The third-order valence-corrected chi connectivity index (χ3v) is 3.34. The molecule has 1 aliphatic heterocycles. The number of urea groups is 1. The second-order valence-electron chi connectivity index (χ2n) is 3.97. The van der Waals surface area contributed by atoms with Gasteiger partial charge in [-0.2, -0.15) is 0 Å². The molecule has 0 aliphatic carbocycles. The number of amides is 2. The van der Waals surface area contributed by atoms with Crippen LogP contribution in [0.3, 0.4) is 0 Å².